The highest BCUT2D eigenvalue weighted by Crippen LogP contribution is 2.43. The van der Waals surface area contributed by atoms with Gasteiger partial charge in [-0.15, -0.1) is 0 Å². The van der Waals surface area contributed by atoms with Crippen molar-refractivity contribution in [3.63, 3.8) is 0 Å². The van der Waals surface area contributed by atoms with Gasteiger partial charge in [-0.3, -0.25) is 14.6 Å². The molecule has 2 aliphatic heterocycles. The Bertz CT molecular complexity index is 1030. The van der Waals surface area contributed by atoms with Crippen molar-refractivity contribution in [1.29, 1.82) is 0 Å². The molecule has 2 aromatic rings. The molecule has 0 saturated carbocycles. The second-order valence-corrected chi connectivity index (χ2v) is 8.63. The number of carbonyl (C=O) groups excluding carboxylic acids is 1. The first kappa shape index (κ1) is 22.1. The molecule has 1 saturated heterocycles. The fourth-order valence-corrected chi connectivity index (χ4v) is 4.56. The van der Waals surface area contributed by atoms with Gasteiger partial charge in [0.25, 0.3) is 0 Å². The standard InChI is InChI=1S/C23H24Cl2N2O4/c1-14-11-19(29)16(13-27-7-5-26(6-8-27)9-10-28)23-21(14)22(30)20(31-23)12-15-17(24)3-2-4-18(15)25/h2-4,11-12,28-29H,5-10,13H2,1H3/b20-12-. The van der Waals surface area contributed by atoms with Crippen LogP contribution >= 0.6 is 23.2 Å². The van der Waals surface area contributed by atoms with Gasteiger partial charge in [-0.25, -0.2) is 0 Å². The number of aliphatic hydroxyl groups excluding tert-OH is 1. The third-order valence-electron chi connectivity index (χ3n) is 5.76. The molecule has 2 N–H and O–H groups in total. The lowest BCUT2D eigenvalue weighted by Gasteiger charge is -2.34. The van der Waals surface area contributed by atoms with Crippen LogP contribution < -0.4 is 4.74 Å². The van der Waals surface area contributed by atoms with Gasteiger partial charge in [0.2, 0.25) is 5.78 Å². The highest BCUT2D eigenvalue weighted by Gasteiger charge is 2.34. The van der Waals surface area contributed by atoms with Gasteiger partial charge >= 0.3 is 0 Å². The van der Waals surface area contributed by atoms with Gasteiger partial charge in [0.15, 0.2) is 5.76 Å². The minimum absolute atomic E-state index is 0.110. The topological polar surface area (TPSA) is 73.2 Å². The molecule has 6 nitrogen and oxygen atoms in total. The zero-order chi connectivity index (χ0) is 22.1. The minimum Gasteiger partial charge on any atom is -0.507 e. The van der Waals surface area contributed by atoms with E-state index in [0.717, 1.165) is 26.2 Å². The molecule has 0 radical (unpaired) electrons. The number of carbonyl (C=O) groups is 1. The number of aryl methyl sites for hydroxylation is 1. The summed E-state index contributed by atoms with van der Waals surface area (Å²) < 4.78 is 5.99. The van der Waals surface area contributed by atoms with E-state index in [1.165, 1.54) is 0 Å². The summed E-state index contributed by atoms with van der Waals surface area (Å²) in [6.45, 7) is 6.33. The molecule has 0 unspecified atom stereocenters. The number of rotatable bonds is 5. The van der Waals surface area contributed by atoms with E-state index in [2.05, 4.69) is 9.80 Å². The number of benzene rings is 2. The molecule has 31 heavy (non-hydrogen) atoms. The first-order valence-electron chi connectivity index (χ1n) is 10.2. The van der Waals surface area contributed by atoms with Gasteiger partial charge in [-0.1, -0.05) is 29.3 Å². The van der Waals surface area contributed by atoms with E-state index in [9.17, 15) is 9.90 Å². The number of phenols is 1. The van der Waals surface area contributed by atoms with Crippen LogP contribution in [0.15, 0.2) is 30.0 Å². The van der Waals surface area contributed by atoms with Crippen molar-refractivity contribution in [2.45, 2.75) is 13.5 Å². The van der Waals surface area contributed by atoms with Gasteiger partial charge in [-0.05, 0) is 36.8 Å². The minimum atomic E-state index is -0.252. The van der Waals surface area contributed by atoms with E-state index in [4.69, 9.17) is 33.0 Å². The Hall–Kier alpha value is -2.09. The Morgan fingerprint density at radius 2 is 1.77 bits per heavy atom. The number of β-amino-alcohol motifs (C(OH)–C–C–N with tert-alkyl or cyclic N) is 1. The van der Waals surface area contributed by atoms with Crippen molar-refractivity contribution in [2.75, 3.05) is 39.3 Å². The van der Waals surface area contributed by atoms with E-state index in [-0.39, 0.29) is 23.9 Å². The fraction of sp³-hybridized carbons (Fsp3) is 0.348. The van der Waals surface area contributed by atoms with Gasteiger partial charge in [0, 0.05) is 54.9 Å². The normalized spacial score (nSPS) is 18.5. The molecule has 0 bridgehead atoms. The number of piperazine rings is 1. The van der Waals surface area contributed by atoms with Crippen molar-refractivity contribution in [1.82, 2.24) is 9.80 Å². The third-order valence-corrected chi connectivity index (χ3v) is 6.42. The number of allylic oxidation sites excluding steroid dienone is 1. The number of Topliss-reactive ketones (excluding diaryl/α,β-unsaturated/α-hetero) is 1. The van der Waals surface area contributed by atoms with E-state index in [0.29, 0.717) is 51.1 Å². The summed E-state index contributed by atoms with van der Waals surface area (Å²) in [5.74, 6) is 0.388. The van der Waals surface area contributed by atoms with Crippen LogP contribution in [0.25, 0.3) is 6.08 Å². The highest BCUT2D eigenvalue weighted by molar-refractivity contribution is 6.37. The van der Waals surface area contributed by atoms with Gasteiger partial charge < -0.3 is 14.9 Å². The first-order valence-corrected chi connectivity index (χ1v) is 10.9. The van der Waals surface area contributed by atoms with Crippen molar-refractivity contribution < 1.29 is 19.7 Å². The van der Waals surface area contributed by atoms with Crippen LogP contribution in [0, 0.1) is 6.92 Å². The van der Waals surface area contributed by atoms with E-state index in [1.807, 2.05) is 0 Å². The molecular formula is C23H24Cl2N2O4. The maximum Gasteiger partial charge on any atom is 0.232 e. The lowest BCUT2D eigenvalue weighted by Crippen LogP contribution is -2.46. The predicted molar refractivity (Wildman–Crippen MR) is 121 cm³/mol. The number of ketones is 1. The van der Waals surface area contributed by atoms with Crippen LogP contribution in [-0.2, 0) is 6.54 Å². The average molecular weight is 463 g/mol. The van der Waals surface area contributed by atoms with Crippen LogP contribution in [0.1, 0.15) is 27.0 Å². The number of halogens is 2. The lowest BCUT2D eigenvalue weighted by atomic mass is 9.99. The quantitative estimate of drug-likeness (QED) is 0.659. The summed E-state index contributed by atoms with van der Waals surface area (Å²) in [6, 6.07) is 6.75. The Morgan fingerprint density at radius 1 is 1.13 bits per heavy atom. The Labute approximate surface area is 191 Å². The summed E-state index contributed by atoms with van der Waals surface area (Å²) in [6.07, 6.45) is 1.56. The summed E-state index contributed by atoms with van der Waals surface area (Å²) >= 11 is 12.5. The van der Waals surface area contributed by atoms with Crippen molar-refractivity contribution in [3.8, 4) is 11.5 Å². The number of aromatic hydroxyl groups is 1. The number of ether oxygens (including phenoxy) is 1. The Balaban J connectivity index is 1.63. The molecule has 2 aromatic carbocycles. The Morgan fingerprint density at radius 3 is 2.42 bits per heavy atom. The highest BCUT2D eigenvalue weighted by atomic mass is 35.5. The largest absolute Gasteiger partial charge is 0.507 e. The van der Waals surface area contributed by atoms with Gasteiger partial charge in [-0.2, -0.15) is 0 Å². The number of phenolic OH excluding ortho intramolecular Hbond substituents is 1. The molecule has 1 fully saturated rings. The molecule has 0 amide bonds. The van der Waals surface area contributed by atoms with Crippen LogP contribution in [0.2, 0.25) is 10.0 Å². The molecule has 2 heterocycles. The SMILES string of the molecule is Cc1cc(O)c(CN2CCN(CCO)CC2)c2c1C(=O)/C(=C/c1c(Cl)cccc1Cl)O2. The molecule has 2 aliphatic rings. The van der Waals surface area contributed by atoms with Crippen molar-refractivity contribution >= 4 is 35.1 Å². The van der Waals surface area contributed by atoms with Crippen LogP contribution in [-0.4, -0.2) is 65.1 Å². The number of hydrogen-bond donors (Lipinski definition) is 2. The smallest absolute Gasteiger partial charge is 0.232 e. The lowest BCUT2D eigenvalue weighted by molar-refractivity contribution is 0.101. The second-order valence-electron chi connectivity index (χ2n) is 7.81. The number of hydrogen-bond acceptors (Lipinski definition) is 6. The summed E-state index contributed by atoms with van der Waals surface area (Å²) in [7, 11) is 0. The first-order chi connectivity index (χ1) is 14.9. The summed E-state index contributed by atoms with van der Waals surface area (Å²) in [4.78, 5) is 17.5. The number of aliphatic hydroxyl groups is 1. The van der Waals surface area contributed by atoms with E-state index in [1.54, 1.807) is 37.3 Å². The Kier molecular flexibility index (Phi) is 6.55. The van der Waals surface area contributed by atoms with Crippen molar-refractivity contribution in [2.24, 2.45) is 0 Å². The van der Waals surface area contributed by atoms with E-state index >= 15 is 0 Å². The maximum absolute atomic E-state index is 13.1. The number of nitrogens with zero attached hydrogens (tertiary/aromatic N) is 2. The molecule has 164 valence electrons. The molecule has 0 aliphatic carbocycles. The fourth-order valence-electron chi connectivity index (χ4n) is 4.05. The summed E-state index contributed by atoms with van der Waals surface area (Å²) in [5.41, 5.74) is 2.23. The van der Waals surface area contributed by atoms with Crippen molar-refractivity contribution in [3.05, 3.63) is 62.3 Å². The summed E-state index contributed by atoms with van der Waals surface area (Å²) in [5, 5.41) is 20.6. The maximum atomic E-state index is 13.1. The zero-order valence-corrected chi connectivity index (χ0v) is 18.7. The monoisotopic (exact) mass is 462 g/mol. The molecule has 8 heteroatoms. The average Bonchev–Trinajstić information content (AvgIpc) is 3.06. The predicted octanol–water partition coefficient (Wildman–Crippen LogP) is 3.73. The zero-order valence-electron chi connectivity index (χ0n) is 17.2. The third kappa shape index (κ3) is 4.45. The molecule has 4 rings (SSSR count). The van der Waals surface area contributed by atoms with Gasteiger partial charge in [0.05, 0.1) is 17.7 Å². The molecule has 0 atom stereocenters. The van der Waals surface area contributed by atoms with E-state index < -0.39 is 0 Å². The van der Waals surface area contributed by atoms with Crippen LogP contribution in [0.4, 0.5) is 0 Å². The molecular weight excluding hydrogens is 439 g/mol. The van der Waals surface area contributed by atoms with Crippen LogP contribution in [0.3, 0.4) is 0 Å². The molecule has 0 spiro atoms. The number of fused-ring (bicyclic) bond motifs is 1. The van der Waals surface area contributed by atoms with Crippen LogP contribution in [0.5, 0.6) is 11.5 Å². The van der Waals surface area contributed by atoms with Gasteiger partial charge in [0.1, 0.15) is 11.5 Å². The second kappa shape index (κ2) is 9.18. The molecule has 0 aromatic heterocycles.